The number of carbonyl (C=O) groups is 2. The Morgan fingerprint density at radius 1 is 1.03 bits per heavy atom. The van der Waals surface area contributed by atoms with Crippen LogP contribution in [0.15, 0.2) is 53.4 Å². The van der Waals surface area contributed by atoms with Gasteiger partial charge in [-0.1, -0.05) is 55.2 Å². The van der Waals surface area contributed by atoms with Gasteiger partial charge < -0.3 is 15.7 Å². The molecule has 37 heavy (non-hydrogen) atoms. The number of thiophene rings is 1. The number of unbranched alkanes of at least 4 members (excludes halogenated alkanes) is 1. The van der Waals surface area contributed by atoms with Crippen LogP contribution in [0, 0.1) is 5.92 Å². The molecule has 0 aliphatic carbocycles. The first kappa shape index (κ1) is 29.3. The van der Waals surface area contributed by atoms with Gasteiger partial charge in [-0.15, -0.1) is 11.3 Å². The van der Waals surface area contributed by atoms with Crippen molar-refractivity contribution < 1.29 is 23.1 Å². The van der Waals surface area contributed by atoms with Crippen molar-refractivity contribution in [3.8, 4) is 0 Å². The SMILES string of the molecule is CC(C)[C@@H](O)C(NC(=O)c1cc2ccccc2s1)C(=O)NCCCCNS(=O)(=O)c1ccc(Cl)cc1Cl. The molecule has 0 saturated carbocycles. The molecule has 0 aliphatic heterocycles. The van der Waals surface area contributed by atoms with Gasteiger partial charge >= 0.3 is 0 Å². The Morgan fingerprint density at radius 3 is 2.41 bits per heavy atom. The molecule has 200 valence electrons. The first-order chi connectivity index (χ1) is 17.5. The number of aliphatic hydroxyl groups is 1. The first-order valence-corrected chi connectivity index (χ1v) is 14.7. The molecule has 0 bridgehead atoms. The largest absolute Gasteiger partial charge is 0.390 e. The van der Waals surface area contributed by atoms with E-state index in [1.165, 1.54) is 29.5 Å². The fourth-order valence-electron chi connectivity index (χ4n) is 3.55. The predicted molar refractivity (Wildman–Crippen MR) is 148 cm³/mol. The zero-order chi connectivity index (χ0) is 27.2. The number of hydrogen-bond donors (Lipinski definition) is 4. The summed E-state index contributed by atoms with van der Waals surface area (Å²) in [5, 5.41) is 17.3. The summed E-state index contributed by atoms with van der Waals surface area (Å²) >= 11 is 13.1. The Labute approximate surface area is 230 Å². The van der Waals surface area contributed by atoms with Gasteiger partial charge in [-0.25, -0.2) is 13.1 Å². The van der Waals surface area contributed by atoms with E-state index in [0.717, 1.165) is 10.1 Å². The lowest BCUT2D eigenvalue weighted by Crippen LogP contribution is -2.54. The summed E-state index contributed by atoms with van der Waals surface area (Å²) in [6.45, 7) is 3.89. The van der Waals surface area contributed by atoms with E-state index in [0.29, 0.717) is 22.7 Å². The maximum atomic E-state index is 12.9. The minimum Gasteiger partial charge on any atom is -0.390 e. The number of rotatable bonds is 12. The Kier molecular flexibility index (Phi) is 10.3. The van der Waals surface area contributed by atoms with Crippen LogP contribution in [0.2, 0.25) is 10.0 Å². The topological polar surface area (TPSA) is 125 Å². The third-order valence-corrected chi connectivity index (χ3v) is 8.92. The van der Waals surface area contributed by atoms with Crippen molar-refractivity contribution in [2.45, 2.75) is 43.7 Å². The highest BCUT2D eigenvalue weighted by atomic mass is 35.5. The zero-order valence-electron chi connectivity index (χ0n) is 20.3. The Balaban J connectivity index is 1.51. The first-order valence-electron chi connectivity index (χ1n) is 11.7. The van der Waals surface area contributed by atoms with Crippen molar-refractivity contribution in [1.29, 1.82) is 0 Å². The molecule has 2 aromatic carbocycles. The second-order valence-electron chi connectivity index (χ2n) is 8.80. The molecule has 0 fully saturated rings. The van der Waals surface area contributed by atoms with E-state index in [2.05, 4.69) is 15.4 Å². The quantitative estimate of drug-likeness (QED) is 0.237. The van der Waals surface area contributed by atoms with Crippen LogP contribution in [-0.4, -0.2) is 50.6 Å². The molecule has 2 atom stereocenters. The van der Waals surface area contributed by atoms with E-state index >= 15 is 0 Å². The molecular weight excluding hydrogens is 557 g/mol. The van der Waals surface area contributed by atoms with Gasteiger partial charge in [0.05, 0.1) is 16.0 Å². The summed E-state index contributed by atoms with van der Waals surface area (Å²) in [7, 11) is -3.80. The molecule has 3 rings (SSSR count). The van der Waals surface area contributed by atoms with Crippen LogP contribution in [0.25, 0.3) is 10.1 Å². The maximum absolute atomic E-state index is 12.9. The molecule has 0 saturated heterocycles. The monoisotopic (exact) mass is 585 g/mol. The van der Waals surface area contributed by atoms with Gasteiger partial charge in [0.1, 0.15) is 10.9 Å². The predicted octanol–water partition coefficient (Wildman–Crippen LogP) is 4.20. The smallest absolute Gasteiger partial charge is 0.262 e. The number of amides is 2. The fraction of sp³-hybridized carbons (Fsp3) is 0.360. The van der Waals surface area contributed by atoms with Crippen LogP contribution in [0.4, 0.5) is 0 Å². The highest BCUT2D eigenvalue weighted by molar-refractivity contribution is 7.89. The summed E-state index contributed by atoms with van der Waals surface area (Å²) in [5.41, 5.74) is 0. The highest BCUT2D eigenvalue weighted by Crippen LogP contribution is 2.26. The Bertz CT molecular complexity index is 1330. The van der Waals surface area contributed by atoms with Crippen molar-refractivity contribution in [2.75, 3.05) is 13.1 Å². The average molecular weight is 587 g/mol. The molecule has 1 unspecified atom stereocenters. The maximum Gasteiger partial charge on any atom is 0.262 e. The lowest BCUT2D eigenvalue weighted by atomic mass is 9.98. The van der Waals surface area contributed by atoms with Crippen LogP contribution in [0.1, 0.15) is 36.4 Å². The van der Waals surface area contributed by atoms with E-state index in [9.17, 15) is 23.1 Å². The van der Waals surface area contributed by atoms with Gasteiger partial charge in [0.15, 0.2) is 0 Å². The molecule has 3 aromatic rings. The standard InChI is InChI=1S/C25H29Cl2N3O5S2/c1-15(2)23(31)22(30-24(32)20-13-16-7-3-4-8-19(16)36-20)25(33)28-11-5-6-12-29-37(34,35)21-10-9-17(26)14-18(21)27/h3-4,7-10,13-15,22-23,29,31H,5-6,11-12H2,1-2H3,(H,28,33)(H,30,32)/t22?,23-/m1/s1. The molecule has 12 heteroatoms. The minimum atomic E-state index is -3.80. The normalized spacial score (nSPS) is 13.5. The molecule has 0 radical (unpaired) electrons. The number of hydrogen-bond acceptors (Lipinski definition) is 6. The van der Waals surface area contributed by atoms with Gasteiger partial charge in [-0.05, 0) is 54.5 Å². The summed E-state index contributed by atoms with van der Waals surface area (Å²) in [6, 6.07) is 12.3. The summed E-state index contributed by atoms with van der Waals surface area (Å²) in [4.78, 5) is 26.1. The van der Waals surface area contributed by atoms with Crippen LogP contribution in [-0.2, 0) is 14.8 Å². The number of benzene rings is 2. The van der Waals surface area contributed by atoms with Crippen molar-refractivity contribution in [1.82, 2.24) is 15.4 Å². The molecule has 2 amide bonds. The lowest BCUT2D eigenvalue weighted by Gasteiger charge is -2.25. The number of sulfonamides is 1. The van der Waals surface area contributed by atoms with Crippen molar-refractivity contribution in [2.24, 2.45) is 5.92 Å². The van der Waals surface area contributed by atoms with Crippen molar-refractivity contribution in [3.63, 3.8) is 0 Å². The Morgan fingerprint density at radius 2 is 1.73 bits per heavy atom. The molecule has 1 aromatic heterocycles. The highest BCUT2D eigenvalue weighted by Gasteiger charge is 2.31. The van der Waals surface area contributed by atoms with Crippen LogP contribution < -0.4 is 15.4 Å². The second kappa shape index (κ2) is 13.0. The molecule has 8 nitrogen and oxygen atoms in total. The Hall–Kier alpha value is -2.21. The molecule has 1 heterocycles. The summed E-state index contributed by atoms with van der Waals surface area (Å²) in [5.74, 6) is -1.21. The number of fused-ring (bicyclic) bond motifs is 1. The van der Waals surface area contributed by atoms with Gasteiger partial charge in [-0.3, -0.25) is 9.59 Å². The summed E-state index contributed by atoms with van der Waals surface area (Å²) < 4.78 is 28.3. The number of aliphatic hydroxyl groups excluding tert-OH is 1. The van der Waals surface area contributed by atoms with E-state index in [4.69, 9.17) is 23.2 Å². The third kappa shape index (κ3) is 7.89. The molecule has 4 N–H and O–H groups in total. The van der Waals surface area contributed by atoms with Crippen LogP contribution in [0.5, 0.6) is 0 Å². The van der Waals surface area contributed by atoms with E-state index < -0.39 is 34.0 Å². The minimum absolute atomic E-state index is 0.0275. The van der Waals surface area contributed by atoms with Crippen LogP contribution in [0.3, 0.4) is 0 Å². The van der Waals surface area contributed by atoms with E-state index in [1.54, 1.807) is 19.9 Å². The van der Waals surface area contributed by atoms with Crippen molar-refractivity contribution in [3.05, 3.63) is 63.5 Å². The number of nitrogens with one attached hydrogen (secondary N) is 3. The van der Waals surface area contributed by atoms with Gasteiger partial charge in [0.2, 0.25) is 15.9 Å². The van der Waals surface area contributed by atoms with Crippen molar-refractivity contribution >= 4 is 66.5 Å². The van der Waals surface area contributed by atoms with Gasteiger partial charge in [-0.2, -0.15) is 0 Å². The second-order valence-corrected chi connectivity index (χ2v) is 12.5. The van der Waals surface area contributed by atoms with E-state index in [-0.39, 0.29) is 28.9 Å². The zero-order valence-corrected chi connectivity index (χ0v) is 23.5. The van der Waals surface area contributed by atoms with Gasteiger partial charge in [0, 0.05) is 22.8 Å². The summed E-state index contributed by atoms with van der Waals surface area (Å²) in [6.07, 6.45) is -0.178. The third-order valence-electron chi connectivity index (χ3n) is 5.62. The lowest BCUT2D eigenvalue weighted by molar-refractivity contribution is -0.126. The molecular formula is C25H29Cl2N3O5S2. The average Bonchev–Trinajstić information content (AvgIpc) is 3.28. The number of carbonyl (C=O) groups excluding carboxylic acids is 2. The van der Waals surface area contributed by atoms with E-state index in [1.807, 2.05) is 24.3 Å². The molecule has 0 spiro atoms. The van der Waals surface area contributed by atoms with Crippen LogP contribution >= 0.6 is 34.5 Å². The van der Waals surface area contributed by atoms with Gasteiger partial charge in [0.25, 0.3) is 5.91 Å². The fourth-order valence-corrected chi connectivity index (χ4v) is 6.36. The number of halogens is 2. The molecule has 0 aliphatic rings.